The highest BCUT2D eigenvalue weighted by Gasteiger charge is 2.36. The zero-order valence-corrected chi connectivity index (χ0v) is 14.5. The molecule has 1 aliphatic carbocycles. The first kappa shape index (κ1) is 18.7. The number of nitrogens with one attached hydrogen (secondary N) is 1. The summed E-state index contributed by atoms with van der Waals surface area (Å²) in [6.45, 7) is 9.20. The number of nitrogens with zero attached hydrogens (tertiary/aromatic N) is 1. The lowest BCUT2D eigenvalue weighted by molar-refractivity contribution is -0.126. The Bertz CT molecular complexity index is 344. The van der Waals surface area contributed by atoms with Gasteiger partial charge in [0.2, 0.25) is 5.91 Å². The fraction of sp³-hybridized carbons (Fsp3) is 0.938. The lowest BCUT2D eigenvalue weighted by Crippen LogP contribution is -2.49. The van der Waals surface area contributed by atoms with Gasteiger partial charge in [0.1, 0.15) is 0 Å². The third-order valence-electron chi connectivity index (χ3n) is 5.37. The van der Waals surface area contributed by atoms with Crippen LogP contribution in [0.15, 0.2) is 0 Å². The van der Waals surface area contributed by atoms with Gasteiger partial charge < -0.3 is 11.1 Å². The second kappa shape index (κ2) is 7.80. The van der Waals surface area contributed by atoms with E-state index >= 15 is 0 Å². The Balaban J connectivity index is 0.00000220. The summed E-state index contributed by atoms with van der Waals surface area (Å²) in [5, 5.41) is 3.25. The van der Waals surface area contributed by atoms with E-state index in [4.69, 9.17) is 5.73 Å². The summed E-state index contributed by atoms with van der Waals surface area (Å²) in [7, 11) is 0. The van der Waals surface area contributed by atoms with Crippen LogP contribution in [0.1, 0.15) is 52.9 Å². The van der Waals surface area contributed by atoms with E-state index in [9.17, 15) is 4.79 Å². The van der Waals surface area contributed by atoms with E-state index in [1.54, 1.807) is 0 Å². The maximum absolute atomic E-state index is 12.4. The normalized spacial score (nSPS) is 35.0. The van der Waals surface area contributed by atoms with Crippen LogP contribution in [0, 0.1) is 11.3 Å². The van der Waals surface area contributed by atoms with E-state index < -0.39 is 0 Å². The van der Waals surface area contributed by atoms with Crippen molar-refractivity contribution >= 4 is 18.3 Å². The molecule has 21 heavy (non-hydrogen) atoms. The molecule has 2 atom stereocenters. The fourth-order valence-corrected chi connectivity index (χ4v) is 3.45. The topological polar surface area (TPSA) is 58.4 Å². The first-order valence-corrected chi connectivity index (χ1v) is 8.18. The maximum Gasteiger partial charge on any atom is 0.237 e. The molecule has 4 nitrogen and oxygen atoms in total. The Morgan fingerprint density at radius 3 is 2.52 bits per heavy atom. The fourth-order valence-electron chi connectivity index (χ4n) is 3.45. The average molecular weight is 318 g/mol. The largest absolute Gasteiger partial charge is 0.352 e. The summed E-state index contributed by atoms with van der Waals surface area (Å²) in [5.41, 5.74) is 6.03. The van der Waals surface area contributed by atoms with Gasteiger partial charge in [-0.05, 0) is 63.5 Å². The highest BCUT2D eigenvalue weighted by molar-refractivity contribution is 5.85. The van der Waals surface area contributed by atoms with Crippen LogP contribution in [0.2, 0.25) is 0 Å². The monoisotopic (exact) mass is 317 g/mol. The predicted octanol–water partition coefficient (Wildman–Crippen LogP) is 2.16. The van der Waals surface area contributed by atoms with Gasteiger partial charge >= 0.3 is 0 Å². The van der Waals surface area contributed by atoms with Gasteiger partial charge in [-0.1, -0.05) is 13.8 Å². The van der Waals surface area contributed by atoms with Crippen LogP contribution < -0.4 is 11.1 Å². The Morgan fingerprint density at radius 2 is 2.00 bits per heavy atom. The number of nitrogens with two attached hydrogens (primary N) is 1. The summed E-state index contributed by atoms with van der Waals surface area (Å²) < 4.78 is 0. The molecule has 2 unspecified atom stereocenters. The van der Waals surface area contributed by atoms with Gasteiger partial charge in [0.25, 0.3) is 0 Å². The van der Waals surface area contributed by atoms with Gasteiger partial charge in [-0.3, -0.25) is 9.69 Å². The van der Waals surface area contributed by atoms with Crippen molar-refractivity contribution in [3.05, 3.63) is 0 Å². The molecule has 3 N–H and O–H groups in total. The number of amides is 1. The van der Waals surface area contributed by atoms with Crippen molar-refractivity contribution in [1.82, 2.24) is 10.2 Å². The third kappa shape index (κ3) is 4.83. The first-order chi connectivity index (χ1) is 9.43. The van der Waals surface area contributed by atoms with Crippen LogP contribution in [-0.2, 0) is 4.79 Å². The number of carbonyl (C=O) groups excluding carboxylic acids is 1. The SMILES string of the molecule is CC1CCC(NC(=O)C(C)N2CCC(C)(CN)C2)CC1.Cl. The number of likely N-dealkylation sites (tertiary alicyclic amines) is 1. The number of rotatable bonds is 4. The summed E-state index contributed by atoms with van der Waals surface area (Å²) in [6.07, 6.45) is 5.87. The predicted molar refractivity (Wildman–Crippen MR) is 89.6 cm³/mol. The highest BCUT2D eigenvalue weighted by atomic mass is 35.5. The number of carbonyl (C=O) groups is 1. The molecule has 1 saturated heterocycles. The lowest BCUT2D eigenvalue weighted by atomic mass is 9.87. The van der Waals surface area contributed by atoms with Crippen LogP contribution in [0.3, 0.4) is 0 Å². The molecule has 5 heteroatoms. The van der Waals surface area contributed by atoms with Crippen LogP contribution in [-0.4, -0.2) is 42.5 Å². The molecule has 0 spiro atoms. The lowest BCUT2D eigenvalue weighted by Gasteiger charge is -2.31. The Hall–Kier alpha value is -0.320. The quantitative estimate of drug-likeness (QED) is 0.835. The van der Waals surface area contributed by atoms with E-state index in [-0.39, 0.29) is 29.8 Å². The van der Waals surface area contributed by atoms with Crippen LogP contribution in [0.4, 0.5) is 0 Å². The van der Waals surface area contributed by atoms with Gasteiger partial charge in [-0.25, -0.2) is 0 Å². The summed E-state index contributed by atoms with van der Waals surface area (Å²) in [6, 6.07) is 0.368. The van der Waals surface area contributed by atoms with Crippen molar-refractivity contribution in [3.8, 4) is 0 Å². The van der Waals surface area contributed by atoms with Crippen molar-refractivity contribution in [3.63, 3.8) is 0 Å². The standard InChI is InChI=1S/C16H31N3O.ClH/c1-12-4-6-14(7-5-12)18-15(20)13(2)19-9-8-16(3,10-17)11-19;/h12-14H,4-11,17H2,1-3H3,(H,18,20);1H. The molecular weight excluding hydrogens is 286 g/mol. The van der Waals surface area contributed by atoms with Gasteiger partial charge in [0, 0.05) is 12.6 Å². The van der Waals surface area contributed by atoms with E-state index in [1.807, 2.05) is 6.92 Å². The maximum atomic E-state index is 12.4. The van der Waals surface area contributed by atoms with Crippen molar-refractivity contribution in [2.45, 2.75) is 65.0 Å². The van der Waals surface area contributed by atoms with E-state index in [0.717, 1.165) is 38.3 Å². The molecule has 0 radical (unpaired) electrons. The van der Waals surface area contributed by atoms with E-state index in [2.05, 4.69) is 24.1 Å². The zero-order valence-electron chi connectivity index (χ0n) is 13.7. The smallest absolute Gasteiger partial charge is 0.237 e. The second-order valence-corrected chi connectivity index (χ2v) is 7.38. The molecule has 1 heterocycles. The molecule has 1 aliphatic heterocycles. The minimum atomic E-state index is -0.0253. The average Bonchev–Trinajstić information content (AvgIpc) is 2.84. The molecule has 2 aliphatic rings. The minimum absolute atomic E-state index is 0. The van der Waals surface area contributed by atoms with Gasteiger partial charge in [-0.15, -0.1) is 12.4 Å². The van der Waals surface area contributed by atoms with Gasteiger partial charge in [0.05, 0.1) is 6.04 Å². The van der Waals surface area contributed by atoms with Crippen molar-refractivity contribution in [2.75, 3.05) is 19.6 Å². The number of halogens is 1. The molecule has 2 rings (SSSR count). The van der Waals surface area contributed by atoms with Crippen molar-refractivity contribution < 1.29 is 4.79 Å². The molecule has 124 valence electrons. The Kier molecular flexibility index (Phi) is 6.95. The van der Waals surface area contributed by atoms with Crippen LogP contribution >= 0.6 is 12.4 Å². The molecule has 1 saturated carbocycles. The molecule has 2 fully saturated rings. The molecule has 0 aromatic rings. The van der Waals surface area contributed by atoms with Crippen LogP contribution in [0.5, 0.6) is 0 Å². The summed E-state index contributed by atoms with van der Waals surface area (Å²) in [4.78, 5) is 14.7. The zero-order chi connectivity index (χ0) is 14.8. The number of hydrogen-bond acceptors (Lipinski definition) is 3. The van der Waals surface area contributed by atoms with E-state index in [0.29, 0.717) is 12.6 Å². The van der Waals surface area contributed by atoms with Crippen molar-refractivity contribution in [1.29, 1.82) is 0 Å². The molecule has 0 aromatic heterocycles. The van der Waals surface area contributed by atoms with Crippen LogP contribution in [0.25, 0.3) is 0 Å². The van der Waals surface area contributed by atoms with Gasteiger partial charge in [0.15, 0.2) is 0 Å². The summed E-state index contributed by atoms with van der Waals surface area (Å²) in [5.74, 6) is 1.02. The Morgan fingerprint density at radius 1 is 1.38 bits per heavy atom. The van der Waals surface area contributed by atoms with Crippen molar-refractivity contribution in [2.24, 2.45) is 17.1 Å². The minimum Gasteiger partial charge on any atom is -0.352 e. The molecule has 0 aromatic carbocycles. The molecular formula is C16H32ClN3O. The molecule has 1 amide bonds. The van der Waals surface area contributed by atoms with E-state index in [1.165, 1.54) is 12.8 Å². The number of hydrogen-bond donors (Lipinski definition) is 2. The highest BCUT2D eigenvalue weighted by Crippen LogP contribution is 2.30. The first-order valence-electron chi connectivity index (χ1n) is 8.18. The second-order valence-electron chi connectivity index (χ2n) is 7.38. The van der Waals surface area contributed by atoms with Gasteiger partial charge in [-0.2, -0.15) is 0 Å². The molecule has 0 bridgehead atoms. The summed E-state index contributed by atoms with van der Waals surface area (Å²) >= 11 is 0. The third-order valence-corrected chi connectivity index (χ3v) is 5.37. The Labute approximate surface area is 135 Å².